The second-order valence-corrected chi connectivity index (χ2v) is 3.77. The highest BCUT2D eigenvalue weighted by Crippen LogP contribution is 2.36. The van der Waals surface area contributed by atoms with Crippen LogP contribution in [0.4, 0.5) is 0 Å². The lowest BCUT2D eigenvalue weighted by Gasteiger charge is -2.13. The Morgan fingerprint density at radius 3 is 2.89 bits per heavy atom. The third-order valence-electron chi connectivity index (χ3n) is 2.05. The maximum Gasteiger partial charge on any atom is 0.271 e. The molecule has 19 heavy (non-hydrogen) atoms. The summed E-state index contributed by atoms with van der Waals surface area (Å²) in [4.78, 5) is 11.0. The van der Waals surface area contributed by atoms with Crippen molar-refractivity contribution < 1.29 is 19.5 Å². The van der Waals surface area contributed by atoms with Crippen LogP contribution in [-0.4, -0.2) is 30.5 Å². The summed E-state index contributed by atoms with van der Waals surface area (Å²) >= 11 is 6.02. The highest BCUT2D eigenvalue weighted by molar-refractivity contribution is 6.32. The first-order valence-corrected chi connectivity index (χ1v) is 5.76. The molecule has 1 amide bonds. The van der Waals surface area contributed by atoms with Crippen LogP contribution in [0, 0.1) is 0 Å². The van der Waals surface area contributed by atoms with Crippen LogP contribution >= 0.6 is 11.6 Å². The molecule has 0 saturated carbocycles. The van der Waals surface area contributed by atoms with Gasteiger partial charge in [0, 0.05) is 5.56 Å². The van der Waals surface area contributed by atoms with Gasteiger partial charge in [-0.1, -0.05) is 16.8 Å². The Hall–Kier alpha value is -1.99. The number of hydrazine groups is 1. The van der Waals surface area contributed by atoms with Gasteiger partial charge in [-0.15, -0.1) is 0 Å². The van der Waals surface area contributed by atoms with E-state index in [0.717, 1.165) is 0 Å². The zero-order valence-electron chi connectivity index (χ0n) is 10.2. The number of carbonyl (C=O) groups is 1. The van der Waals surface area contributed by atoms with Crippen molar-refractivity contribution in [1.82, 2.24) is 5.43 Å². The minimum atomic E-state index is -0.500. The quantitative estimate of drug-likeness (QED) is 0.237. The second kappa shape index (κ2) is 7.45. The van der Waals surface area contributed by atoms with Gasteiger partial charge in [-0.3, -0.25) is 10.2 Å². The molecule has 0 aliphatic heterocycles. The van der Waals surface area contributed by atoms with Gasteiger partial charge in [-0.2, -0.15) is 0 Å². The first-order chi connectivity index (χ1) is 9.12. The lowest BCUT2D eigenvalue weighted by Crippen LogP contribution is -2.34. The number of halogens is 1. The maximum atomic E-state index is 11.0. The van der Waals surface area contributed by atoms with Crippen molar-refractivity contribution in [2.24, 2.45) is 11.0 Å². The molecule has 0 atom stereocenters. The predicted octanol–water partition coefficient (Wildman–Crippen LogP) is 0.915. The molecule has 0 bridgehead atoms. The molecule has 7 nitrogen and oxygen atoms in total. The summed E-state index contributed by atoms with van der Waals surface area (Å²) in [5.41, 5.74) is 2.47. The van der Waals surface area contributed by atoms with Crippen LogP contribution in [0.5, 0.6) is 11.5 Å². The van der Waals surface area contributed by atoms with Crippen molar-refractivity contribution in [1.29, 1.82) is 0 Å². The smallest absolute Gasteiger partial charge is 0.271 e. The number of oxime groups is 1. The fourth-order valence-electron chi connectivity index (χ4n) is 1.31. The molecule has 1 rings (SSSR count). The number of nitrogens with one attached hydrogen (secondary N) is 1. The van der Waals surface area contributed by atoms with Crippen molar-refractivity contribution in [3.8, 4) is 11.5 Å². The molecule has 0 spiro atoms. The van der Waals surface area contributed by atoms with Gasteiger partial charge in [0.1, 0.15) is 0 Å². The lowest BCUT2D eigenvalue weighted by molar-refractivity contribution is -0.123. The average Bonchev–Trinajstić information content (AvgIpc) is 2.38. The molecule has 4 N–H and O–H groups in total. The Morgan fingerprint density at radius 1 is 1.58 bits per heavy atom. The number of nitrogens with two attached hydrogens (primary N) is 1. The van der Waals surface area contributed by atoms with E-state index in [0.29, 0.717) is 17.9 Å². The molecule has 0 aromatic heterocycles. The fraction of sp³-hybridized carbons (Fsp3) is 0.273. The summed E-state index contributed by atoms with van der Waals surface area (Å²) in [6, 6.07) is 3.09. The first-order valence-electron chi connectivity index (χ1n) is 5.38. The number of nitrogens with zero attached hydrogens (tertiary/aromatic N) is 1. The largest absolute Gasteiger partial charge is 0.490 e. The number of carbonyl (C=O) groups excluding carboxylic acids is 1. The molecule has 0 aliphatic rings. The number of hydrogen-bond donors (Lipinski definition) is 3. The Bertz CT molecular complexity index is 479. The van der Waals surface area contributed by atoms with Gasteiger partial charge < -0.3 is 14.7 Å². The summed E-state index contributed by atoms with van der Waals surface area (Å²) in [6.45, 7) is 1.89. The summed E-state index contributed by atoms with van der Waals surface area (Å²) in [6.07, 6.45) is 1.20. The second-order valence-electron chi connectivity index (χ2n) is 3.36. The molecule has 0 heterocycles. The zero-order chi connectivity index (χ0) is 14.3. The molecule has 8 heteroatoms. The van der Waals surface area contributed by atoms with Crippen molar-refractivity contribution in [2.75, 3.05) is 13.2 Å². The van der Waals surface area contributed by atoms with E-state index in [4.69, 9.17) is 32.1 Å². The summed E-state index contributed by atoms with van der Waals surface area (Å²) in [5.74, 6) is 5.01. The van der Waals surface area contributed by atoms with Crippen molar-refractivity contribution >= 4 is 23.7 Å². The number of hydrogen-bond acceptors (Lipinski definition) is 6. The standard InChI is InChI=1S/C11H14ClN3O4/c1-2-18-9-4-7(5-14-17)3-8(12)11(9)19-6-10(16)15-13/h3-5,17H,2,6,13H2,1H3,(H,15,16)/b14-5-. The van der Waals surface area contributed by atoms with E-state index in [1.807, 2.05) is 5.43 Å². The first kappa shape index (κ1) is 15.1. The van der Waals surface area contributed by atoms with Crippen LogP contribution < -0.4 is 20.7 Å². The topological polar surface area (TPSA) is 106 Å². The zero-order valence-corrected chi connectivity index (χ0v) is 11.0. The number of ether oxygens (including phenoxy) is 2. The van der Waals surface area contributed by atoms with E-state index in [2.05, 4.69) is 5.16 Å². The summed E-state index contributed by atoms with van der Waals surface area (Å²) in [5, 5.41) is 11.6. The van der Waals surface area contributed by atoms with Gasteiger partial charge >= 0.3 is 0 Å². The molecular weight excluding hydrogens is 274 g/mol. The third kappa shape index (κ3) is 4.31. The molecule has 104 valence electrons. The predicted molar refractivity (Wildman–Crippen MR) is 69.8 cm³/mol. The van der Waals surface area contributed by atoms with Crippen molar-refractivity contribution in [3.05, 3.63) is 22.7 Å². The maximum absolute atomic E-state index is 11.0. The van der Waals surface area contributed by atoms with Crippen molar-refractivity contribution in [2.45, 2.75) is 6.92 Å². The van der Waals surface area contributed by atoms with Crippen LogP contribution in [0.15, 0.2) is 17.3 Å². The van der Waals surface area contributed by atoms with Gasteiger partial charge in [-0.25, -0.2) is 5.84 Å². The number of amides is 1. The molecule has 1 aromatic rings. The average molecular weight is 288 g/mol. The summed E-state index contributed by atoms with van der Waals surface area (Å²) in [7, 11) is 0. The van der Waals surface area contributed by atoms with E-state index >= 15 is 0 Å². The molecule has 0 fully saturated rings. The van der Waals surface area contributed by atoms with E-state index in [1.54, 1.807) is 13.0 Å². The Balaban J connectivity index is 3.03. The van der Waals surface area contributed by atoms with Crippen LogP contribution in [0.2, 0.25) is 5.02 Å². The molecule has 0 radical (unpaired) electrons. The monoisotopic (exact) mass is 287 g/mol. The highest BCUT2D eigenvalue weighted by Gasteiger charge is 2.13. The van der Waals surface area contributed by atoms with E-state index in [-0.39, 0.29) is 17.4 Å². The number of rotatable bonds is 6. The normalized spacial score (nSPS) is 10.5. The van der Waals surface area contributed by atoms with E-state index < -0.39 is 5.91 Å². The Morgan fingerprint density at radius 2 is 2.32 bits per heavy atom. The van der Waals surface area contributed by atoms with Gasteiger partial charge in [-0.05, 0) is 19.1 Å². The SMILES string of the molecule is CCOc1cc(/C=N\O)cc(Cl)c1OCC(=O)NN. The van der Waals surface area contributed by atoms with E-state index in [9.17, 15) is 4.79 Å². The van der Waals surface area contributed by atoms with Crippen LogP contribution in [0.1, 0.15) is 12.5 Å². The van der Waals surface area contributed by atoms with E-state index in [1.165, 1.54) is 12.3 Å². The molecular formula is C11H14ClN3O4. The van der Waals surface area contributed by atoms with Crippen LogP contribution in [-0.2, 0) is 4.79 Å². The van der Waals surface area contributed by atoms with Gasteiger partial charge in [0.05, 0.1) is 17.8 Å². The van der Waals surface area contributed by atoms with Crippen molar-refractivity contribution in [3.63, 3.8) is 0 Å². The minimum Gasteiger partial charge on any atom is -0.490 e. The van der Waals surface area contributed by atoms with Crippen LogP contribution in [0.3, 0.4) is 0 Å². The minimum absolute atomic E-state index is 0.224. The molecule has 0 aliphatic carbocycles. The van der Waals surface area contributed by atoms with Gasteiger partial charge in [0.2, 0.25) is 0 Å². The molecule has 0 saturated heterocycles. The Kier molecular flexibility index (Phi) is 5.91. The van der Waals surface area contributed by atoms with Gasteiger partial charge in [0.25, 0.3) is 5.91 Å². The lowest BCUT2D eigenvalue weighted by atomic mass is 10.2. The Labute approximate surface area is 114 Å². The molecule has 1 aromatic carbocycles. The van der Waals surface area contributed by atoms with Gasteiger partial charge in [0.15, 0.2) is 18.1 Å². The number of benzene rings is 1. The highest BCUT2D eigenvalue weighted by atomic mass is 35.5. The summed E-state index contributed by atoms with van der Waals surface area (Å²) < 4.78 is 10.6. The van der Waals surface area contributed by atoms with Crippen LogP contribution in [0.25, 0.3) is 0 Å². The molecule has 0 unspecified atom stereocenters. The third-order valence-corrected chi connectivity index (χ3v) is 2.33. The fourth-order valence-corrected chi connectivity index (χ4v) is 1.59.